The SMILES string of the molecule is CCN(CC(=O)NC)C(=O)N1C[C@@H](C)[C@H](C(=O)O)C1. The number of amides is 3. The zero-order valence-electron chi connectivity index (χ0n) is 11.5. The van der Waals surface area contributed by atoms with Crippen LogP contribution in [0.2, 0.25) is 0 Å². The molecule has 2 atom stereocenters. The van der Waals surface area contributed by atoms with E-state index in [1.165, 1.54) is 16.8 Å². The van der Waals surface area contributed by atoms with E-state index in [1.807, 2.05) is 6.92 Å². The minimum Gasteiger partial charge on any atom is -0.481 e. The van der Waals surface area contributed by atoms with Crippen molar-refractivity contribution in [2.75, 3.05) is 33.2 Å². The Kier molecular flexibility index (Phi) is 5.14. The molecule has 7 heteroatoms. The van der Waals surface area contributed by atoms with Crippen LogP contribution in [0, 0.1) is 11.8 Å². The summed E-state index contributed by atoms with van der Waals surface area (Å²) in [5.74, 6) is -1.71. The summed E-state index contributed by atoms with van der Waals surface area (Å²) in [7, 11) is 1.51. The molecule has 1 aliphatic rings. The molecular weight excluding hydrogens is 250 g/mol. The van der Waals surface area contributed by atoms with E-state index in [0.717, 1.165) is 0 Å². The number of aliphatic carboxylic acids is 1. The summed E-state index contributed by atoms with van der Waals surface area (Å²) >= 11 is 0. The molecule has 0 radical (unpaired) electrons. The van der Waals surface area contributed by atoms with E-state index in [4.69, 9.17) is 5.11 Å². The Morgan fingerprint density at radius 2 is 2.00 bits per heavy atom. The summed E-state index contributed by atoms with van der Waals surface area (Å²) in [5, 5.41) is 11.5. The number of hydrogen-bond donors (Lipinski definition) is 2. The number of hydrogen-bond acceptors (Lipinski definition) is 3. The smallest absolute Gasteiger partial charge is 0.320 e. The molecule has 0 aromatic rings. The first kappa shape index (κ1) is 15.3. The highest BCUT2D eigenvalue weighted by Crippen LogP contribution is 2.24. The van der Waals surface area contributed by atoms with Gasteiger partial charge < -0.3 is 20.2 Å². The second-order valence-corrected chi connectivity index (χ2v) is 4.80. The van der Waals surface area contributed by atoms with Crippen molar-refractivity contribution in [3.05, 3.63) is 0 Å². The molecule has 1 heterocycles. The molecule has 19 heavy (non-hydrogen) atoms. The Bertz CT molecular complexity index is 372. The van der Waals surface area contributed by atoms with Crippen LogP contribution in [0.15, 0.2) is 0 Å². The zero-order chi connectivity index (χ0) is 14.6. The van der Waals surface area contributed by atoms with Crippen molar-refractivity contribution in [1.82, 2.24) is 15.1 Å². The van der Waals surface area contributed by atoms with Gasteiger partial charge in [-0.3, -0.25) is 9.59 Å². The normalized spacial score (nSPS) is 22.2. The summed E-state index contributed by atoms with van der Waals surface area (Å²) in [5.41, 5.74) is 0. The highest BCUT2D eigenvalue weighted by molar-refractivity contribution is 5.84. The van der Waals surface area contributed by atoms with Gasteiger partial charge in [-0.15, -0.1) is 0 Å². The van der Waals surface area contributed by atoms with E-state index in [1.54, 1.807) is 6.92 Å². The van der Waals surface area contributed by atoms with Gasteiger partial charge in [0.1, 0.15) is 6.54 Å². The van der Waals surface area contributed by atoms with Gasteiger partial charge in [0.2, 0.25) is 5.91 Å². The monoisotopic (exact) mass is 271 g/mol. The van der Waals surface area contributed by atoms with Crippen molar-refractivity contribution in [2.24, 2.45) is 11.8 Å². The van der Waals surface area contributed by atoms with E-state index >= 15 is 0 Å². The van der Waals surface area contributed by atoms with Gasteiger partial charge in [-0.05, 0) is 12.8 Å². The Morgan fingerprint density at radius 1 is 1.37 bits per heavy atom. The lowest BCUT2D eigenvalue weighted by atomic mass is 9.99. The summed E-state index contributed by atoms with van der Waals surface area (Å²) in [6, 6.07) is -0.276. The maximum absolute atomic E-state index is 12.2. The molecule has 0 aromatic carbocycles. The number of carboxylic acid groups (broad SMARTS) is 1. The average molecular weight is 271 g/mol. The molecule has 3 amide bonds. The Hall–Kier alpha value is -1.79. The lowest BCUT2D eigenvalue weighted by molar-refractivity contribution is -0.142. The maximum Gasteiger partial charge on any atom is 0.320 e. The van der Waals surface area contributed by atoms with Crippen molar-refractivity contribution in [1.29, 1.82) is 0 Å². The molecular formula is C12H21N3O4. The number of likely N-dealkylation sites (tertiary alicyclic amines) is 1. The number of likely N-dealkylation sites (N-methyl/N-ethyl adjacent to an activating group) is 2. The topological polar surface area (TPSA) is 90.0 Å². The fourth-order valence-corrected chi connectivity index (χ4v) is 2.21. The third-order valence-corrected chi connectivity index (χ3v) is 3.47. The molecule has 108 valence electrons. The predicted octanol–water partition coefficient (Wildman–Crippen LogP) is -0.173. The van der Waals surface area contributed by atoms with Crippen LogP contribution in [-0.4, -0.2) is 66.0 Å². The quantitative estimate of drug-likeness (QED) is 0.742. The van der Waals surface area contributed by atoms with Gasteiger partial charge in [-0.2, -0.15) is 0 Å². The van der Waals surface area contributed by atoms with Gasteiger partial charge in [0.25, 0.3) is 0 Å². The summed E-state index contributed by atoms with van der Waals surface area (Å²) in [4.78, 5) is 37.5. The summed E-state index contributed by atoms with van der Waals surface area (Å²) in [6.45, 7) is 4.64. The predicted molar refractivity (Wildman–Crippen MR) is 68.6 cm³/mol. The van der Waals surface area contributed by atoms with Gasteiger partial charge >= 0.3 is 12.0 Å². The minimum atomic E-state index is -0.878. The van der Waals surface area contributed by atoms with E-state index in [9.17, 15) is 14.4 Å². The summed E-state index contributed by atoms with van der Waals surface area (Å²) < 4.78 is 0. The number of carbonyl (C=O) groups is 3. The minimum absolute atomic E-state index is 0.00550. The number of carbonyl (C=O) groups excluding carboxylic acids is 2. The van der Waals surface area contributed by atoms with Crippen LogP contribution in [0.1, 0.15) is 13.8 Å². The Morgan fingerprint density at radius 3 is 2.42 bits per heavy atom. The molecule has 2 N–H and O–H groups in total. The number of urea groups is 1. The molecule has 0 aromatic heterocycles. The highest BCUT2D eigenvalue weighted by atomic mass is 16.4. The van der Waals surface area contributed by atoms with Crippen molar-refractivity contribution in [3.8, 4) is 0 Å². The van der Waals surface area contributed by atoms with Gasteiger partial charge in [-0.25, -0.2) is 4.79 Å². The highest BCUT2D eigenvalue weighted by Gasteiger charge is 2.38. The van der Waals surface area contributed by atoms with Gasteiger partial charge in [0.15, 0.2) is 0 Å². The van der Waals surface area contributed by atoms with E-state index in [-0.39, 0.29) is 30.9 Å². The van der Waals surface area contributed by atoms with E-state index in [0.29, 0.717) is 13.1 Å². The van der Waals surface area contributed by atoms with Crippen molar-refractivity contribution in [3.63, 3.8) is 0 Å². The molecule has 1 rings (SSSR count). The fraction of sp³-hybridized carbons (Fsp3) is 0.750. The summed E-state index contributed by atoms with van der Waals surface area (Å²) in [6.07, 6.45) is 0. The molecule has 1 saturated heterocycles. The van der Waals surface area contributed by atoms with E-state index < -0.39 is 11.9 Å². The molecule has 0 unspecified atom stereocenters. The number of rotatable bonds is 4. The van der Waals surface area contributed by atoms with Crippen molar-refractivity contribution < 1.29 is 19.5 Å². The number of carboxylic acids is 1. The lowest BCUT2D eigenvalue weighted by Gasteiger charge is -2.26. The van der Waals surface area contributed by atoms with Crippen LogP contribution in [-0.2, 0) is 9.59 Å². The second kappa shape index (κ2) is 6.40. The van der Waals surface area contributed by atoms with Crippen LogP contribution in [0.4, 0.5) is 4.79 Å². The molecule has 1 fully saturated rings. The van der Waals surface area contributed by atoms with Gasteiger partial charge in [0.05, 0.1) is 5.92 Å². The number of nitrogens with one attached hydrogen (secondary N) is 1. The Balaban J connectivity index is 2.67. The first-order valence-corrected chi connectivity index (χ1v) is 6.37. The van der Waals surface area contributed by atoms with Crippen LogP contribution in [0.5, 0.6) is 0 Å². The third-order valence-electron chi connectivity index (χ3n) is 3.47. The first-order chi connectivity index (χ1) is 8.90. The Labute approximate surface area is 112 Å². The molecule has 7 nitrogen and oxygen atoms in total. The van der Waals surface area contributed by atoms with Gasteiger partial charge in [-0.1, -0.05) is 6.92 Å². The maximum atomic E-state index is 12.2. The lowest BCUT2D eigenvalue weighted by Crippen LogP contribution is -2.46. The van der Waals surface area contributed by atoms with Crippen molar-refractivity contribution >= 4 is 17.9 Å². The molecule has 0 saturated carbocycles. The van der Waals surface area contributed by atoms with Crippen molar-refractivity contribution in [2.45, 2.75) is 13.8 Å². The molecule has 0 bridgehead atoms. The molecule has 0 aliphatic carbocycles. The zero-order valence-corrected chi connectivity index (χ0v) is 11.5. The standard InChI is InChI=1S/C12H21N3O4/c1-4-14(7-10(16)13-3)12(19)15-5-8(2)9(6-15)11(17)18/h8-9H,4-7H2,1-3H3,(H,13,16)(H,17,18)/t8-,9-/m1/s1. The largest absolute Gasteiger partial charge is 0.481 e. The number of nitrogens with zero attached hydrogens (tertiary/aromatic N) is 2. The van der Waals surface area contributed by atoms with Crippen LogP contribution in [0.25, 0.3) is 0 Å². The van der Waals surface area contributed by atoms with E-state index in [2.05, 4.69) is 5.32 Å². The van der Waals surface area contributed by atoms with Crippen LogP contribution < -0.4 is 5.32 Å². The molecule has 0 spiro atoms. The van der Waals surface area contributed by atoms with Crippen LogP contribution in [0.3, 0.4) is 0 Å². The second-order valence-electron chi connectivity index (χ2n) is 4.80. The molecule has 1 aliphatic heterocycles. The fourth-order valence-electron chi connectivity index (χ4n) is 2.21. The van der Waals surface area contributed by atoms with Crippen LogP contribution >= 0.6 is 0 Å². The van der Waals surface area contributed by atoms with Gasteiger partial charge in [0, 0.05) is 26.7 Å². The first-order valence-electron chi connectivity index (χ1n) is 6.37. The average Bonchev–Trinajstić information content (AvgIpc) is 2.77. The third kappa shape index (κ3) is 3.59.